The minimum Gasteiger partial charge on any atom is -0.384 e. The van der Waals surface area contributed by atoms with Crippen LogP contribution in [-0.2, 0) is 4.74 Å². The number of para-hydroxylation sites is 1. The Morgan fingerprint density at radius 3 is 2.91 bits per heavy atom. The molecule has 5 heteroatoms. The van der Waals surface area contributed by atoms with E-state index in [1.165, 1.54) is 11.3 Å². The second-order valence-electron chi connectivity index (χ2n) is 5.79. The van der Waals surface area contributed by atoms with Crippen LogP contribution in [0.5, 0.6) is 0 Å². The van der Waals surface area contributed by atoms with Gasteiger partial charge in [-0.2, -0.15) is 0 Å². The molecule has 0 radical (unpaired) electrons. The number of benzene rings is 1. The summed E-state index contributed by atoms with van der Waals surface area (Å²) in [6, 6.07) is 8.44. The zero-order valence-electron chi connectivity index (χ0n) is 13.2. The van der Waals surface area contributed by atoms with Gasteiger partial charge >= 0.3 is 0 Å². The average Bonchev–Trinajstić information content (AvgIpc) is 2.61. The van der Waals surface area contributed by atoms with Crippen molar-refractivity contribution < 1.29 is 4.74 Å². The first-order chi connectivity index (χ1) is 10.9. The number of aliphatic imine (C=N–C) groups is 1. The Morgan fingerprint density at radius 2 is 2.09 bits per heavy atom. The quantitative estimate of drug-likeness (QED) is 0.783. The largest absolute Gasteiger partial charge is 0.384 e. The highest BCUT2D eigenvalue weighted by atomic mass is 16.5. The van der Waals surface area contributed by atoms with Gasteiger partial charge < -0.3 is 15.4 Å². The van der Waals surface area contributed by atoms with Gasteiger partial charge in [0, 0.05) is 44.0 Å². The van der Waals surface area contributed by atoms with Crippen LogP contribution in [0.15, 0.2) is 29.3 Å². The molecule has 0 saturated carbocycles. The van der Waals surface area contributed by atoms with Crippen molar-refractivity contribution in [2.24, 2.45) is 4.99 Å². The monoisotopic (exact) mass is 302 g/mol. The van der Waals surface area contributed by atoms with Gasteiger partial charge in [0.1, 0.15) is 5.84 Å². The van der Waals surface area contributed by atoms with Gasteiger partial charge in [-0.15, -0.1) is 0 Å². The standard InChI is InChI=1S/C17H26N4O/c1-2-6-16(15(5-1)17-19-7-3-8-20-17)18-9-4-10-21-11-13-22-14-12-21/h1-2,5-6,18H,3-4,7-14H2,(H,19,20). The Balaban J connectivity index is 1.50. The maximum atomic E-state index is 5.38. The first-order valence-electron chi connectivity index (χ1n) is 8.35. The third kappa shape index (κ3) is 4.21. The van der Waals surface area contributed by atoms with Crippen LogP contribution in [0.1, 0.15) is 18.4 Å². The Kier molecular flexibility index (Phi) is 5.67. The van der Waals surface area contributed by atoms with Gasteiger partial charge in [0.15, 0.2) is 0 Å². The van der Waals surface area contributed by atoms with Gasteiger partial charge in [-0.25, -0.2) is 0 Å². The number of hydrogen-bond acceptors (Lipinski definition) is 5. The summed E-state index contributed by atoms with van der Waals surface area (Å²) in [5.74, 6) is 1.03. The molecule has 5 nitrogen and oxygen atoms in total. The number of morpholine rings is 1. The van der Waals surface area contributed by atoms with E-state index in [1.54, 1.807) is 0 Å². The van der Waals surface area contributed by atoms with Gasteiger partial charge in [-0.05, 0) is 31.5 Å². The van der Waals surface area contributed by atoms with Gasteiger partial charge in [0.05, 0.1) is 13.2 Å². The van der Waals surface area contributed by atoms with Crippen LogP contribution in [0, 0.1) is 0 Å². The van der Waals surface area contributed by atoms with E-state index in [1.807, 2.05) is 0 Å². The highest BCUT2D eigenvalue weighted by Crippen LogP contribution is 2.16. The van der Waals surface area contributed by atoms with Gasteiger partial charge in [-0.3, -0.25) is 9.89 Å². The fourth-order valence-corrected chi connectivity index (χ4v) is 2.91. The van der Waals surface area contributed by atoms with Crippen molar-refractivity contribution in [1.29, 1.82) is 0 Å². The van der Waals surface area contributed by atoms with Crippen LogP contribution in [-0.4, -0.2) is 63.2 Å². The number of amidine groups is 1. The van der Waals surface area contributed by atoms with Crippen LogP contribution in [0.2, 0.25) is 0 Å². The van der Waals surface area contributed by atoms with Crippen LogP contribution in [0.4, 0.5) is 5.69 Å². The third-order valence-electron chi connectivity index (χ3n) is 4.15. The predicted octanol–water partition coefficient (Wildman–Crippen LogP) is 1.56. The van der Waals surface area contributed by atoms with Crippen LogP contribution >= 0.6 is 0 Å². The van der Waals surface area contributed by atoms with Crippen LogP contribution in [0.3, 0.4) is 0 Å². The summed E-state index contributed by atoms with van der Waals surface area (Å²) in [4.78, 5) is 7.08. The molecule has 0 amide bonds. The molecule has 1 saturated heterocycles. The summed E-state index contributed by atoms with van der Waals surface area (Å²) < 4.78 is 5.38. The maximum absolute atomic E-state index is 5.38. The number of nitrogens with zero attached hydrogens (tertiary/aromatic N) is 2. The van der Waals surface area contributed by atoms with Crippen molar-refractivity contribution in [3.05, 3.63) is 29.8 Å². The van der Waals surface area contributed by atoms with Gasteiger partial charge in [0.25, 0.3) is 0 Å². The maximum Gasteiger partial charge on any atom is 0.130 e. The molecule has 1 aromatic rings. The first-order valence-corrected chi connectivity index (χ1v) is 8.35. The predicted molar refractivity (Wildman–Crippen MR) is 90.8 cm³/mol. The lowest BCUT2D eigenvalue weighted by atomic mass is 10.1. The van der Waals surface area contributed by atoms with E-state index in [0.717, 1.165) is 71.2 Å². The van der Waals surface area contributed by atoms with Crippen molar-refractivity contribution in [3.63, 3.8) is 0 Å². The van der Waals surface area contributed by atoms with E-state index >= 15 is 0 Å². The molecule has 0 atom stereocenters. The lowest BCUT2D eigenvalue weighted by Gasteiger charge is -2.26. The molecule has 0 aromatic heterocycles. The zero-order chi connectivity index (χ0) is 15.0. The Labute approximate surface area is 132 Å². The van der Waals surface area contributed by atoms with E-state index in [9.17, 15) is 0 Å². The molecule has 1 aromatic carbocycles. The Morgan fingerprint density at radius 1 is 1.23 bits per heavy atom. The minimum absolute atomic E-state index is 0.877. The summed E-state index contributed by atoms with van der Waals surface area (Å²) in [5, 5.41) is 6.98. The molecular formula is C17H26N4O. The summed E-state index contributed by atoms with van der Waals surface area (Å²) in [6.07, 6.45) is 2.27. The first kappa shape index (κ1) is 15.3. The molecular weight excluding hydrogens is 276 g/mol. The molecule has 2 aliphatic heterocycles. The summed E-state index contributed by atoms with van der Waals surface area (Å²) in [5.41, 5.74) is 2.37. The van der Waals surface area contributed by atoms with Crippen molar-refractivity contribution in [2.75, 3.05) is 57.8 Å². The van der Waals surface area contributed by atoms with Crippen molar-refractivity contribution in [1.82, 2.24) is 10.2 Å². The van der Waals surface area contributed by atoms with Crippen LogP contribution < -0.4 is 10.6 Å². The van der Waals surface area contributed by atoms with E-state index in [4.69, 9.17) is 4.74 Å². The summed E-state index contributed by atoms with van der Waals surface area (Å²) in [7, 11) is 0. The van der Waals surface area contributed by atoms with E-state index in [2.05, 4.69) is 44.8 Å². The van der Waals surface area contributed by atoms with Gasteiger partial charge in [-0.1, -0.05) is 12.1 Å². The third-order valence-corrected chi connectivity index (χ3v) is 4.15. The molecule has 2 N–H and O–H groups in total. The zero-order valence-corrected chi connectivity index (χ0v) is 13.2. The molecule has 0 spiro atoms. The van der Waals surface area contributed by atoms with Crippen molar-refractivity contribution in [3.8, 4) is 0 Å². The molecule has 2 heterocycles. The summed E-state index contributed by atoms with van der Waals surface area (Å²) in [6.45, 7) is 7.95. The summed E-state index contributed by atoms with van der Waals surface area (Å²) >= 11 is 0. The second-order valence-corrected chi connectivity index (χ2v) is 5.79. The normalized spacial score (nSPS) is 19.4. The second kappa shape index (κ2) is 8.15. The number of ether oxygens (including phenoxy) is 1. The minimum atomic E-state index is 0.877. The van der Waals surface area contributed by atoms with Crippen LogP contribution in [0.25, 0.3) is 0 Å². The molecule has 0 bridgehead atoms. The SMILES string of the molecule is c1ccc(C2=NCCCN2)c(NCCCN2CCOCC2)c1. The number of nitrogens with one attached hydrogen (secondary N) is 2. The highest BCUT2D eigenvalue weighted by molar-refractivity contribution is 6.03. The van der Waals surface area contributed by atoms with E-state index in [0.29, 0.717) is 0 Å². The fourth-order valence-electron chi connectivity index (χ4n) is 2.91. The molecule has 22 heavy (non-hydrogen) atoms. The number of anilines is 1. The smallest absolute Gasteiger partial charge is 0.130 e. The van der Waals surface area contributed by atoms with Gasteiger partial charge in [0.2, 0.25) is 0 Å². The lowest BCUT2D eigenvalue weighted by molar-refractivity contribution is 0.0378. The lowest BCUT2D eigenvalue weighted by Crippen LogP contribution is -2.37. The molecule has 0 aliphatic carbocycles. The number of rotatable bonds is 6. The average molecular weight is 302 g/mol. The molecule has 2 aliphatic rings. The Bertz CT molecular complexity index is 497. The molecule has 1 fully saturated rings. The van der Waals surface area contributed by atoms with E-state index < -0.39 is 0 Å². The number of hydrogen-bond donors (Lipinski definition) is 2. The molecule has 0 unspecified atom stereocenters. The molecule has 3 rings (SSSR count). The van der Waals surface area contributed by atoms with E-state index in [-0.39, 0.29) is 0 Å². The fraction of sp³-hybridized carbons (Fsp3) is 0.588. The van der Waals surface area contributed by atoms with Crippen molar-refractivity contribution >= 4 is 11.5 Å². The van der Waals surface area contributed by atoms with Crippen molar-refractivity contribution in [2.45, 2.75) is 12.8 Å². The highest BCUT2D eigenvalue weighted by Gasteiger charge is 2.12. The topological polar surface area (TPSA) is 48.9 Å². The Hall–Kier alpha value is -1.59. The molecule has 120 valence electrons.